The van der Waals surface area contributed by atoms with E-state index in [1.807, 2.05) is 24.5 Å². The molecule has 19 heavy (non-hydrogen) atoms. The van der Waals surface area contributed by atoms with Gasteiger partial charge in [0, 0.05) is 14.1 Å². The van der Waals surface area contributed by atoms with Gasteiger partial charge in [-0.1, -0.05) is 27.7 Å². The van der Waals surface area contributed by atoms with Crippen LogP contribution in [0, 0.1) is 3.57 Å². The van der Waals surface area contributed by atoms with Crippen LogP contribution in [0.4, 0.5) is 17.3 Å². The van der Waals surface area contributed by atoms with Crippen molar-refractivity contribution in [1.29, 1.82) is 0 Å². The van der Waals surface area contributed by atoms with Gasteiger partial charge in [0.25, 0.3) is 0 Å². The number of anilines is 3. The Balaban J connectivity index is 2.34. The molecule has 0 radical (unpaired) electrons. The Morgan fingerprint density at radius 1 is 1.26 bits per heavy atom. The maximum atomic E-state index is 5.40. The van der Waals surface area contributed by atoms with Crippen molar-refractivity contribution in [3.63, 3.8) is 0 Å². The number of nitrogens with one attached hydrogen (secondary N) is 2. The molecule has 0 aliphatic carbocycles. The van der Waals surface area contributed by atoms with Gasteiger partial charge in [-0.05, 0) is 47.0 Å². The molecular formula is C11H11BrIN5S. The highest BCUT2D eigenvalue weighted by Crippen LogP contribution is 2.27. The van der Waals surface area contributed by atoms with E-state index in [0.29, 0.717) is 16.8 Å². The fourth-order valence-corrected chi connectivity index (χ4v) is 2.60. The van der Waals surface area contributed by atoms with E-state index < -0.39 is 0 Å². The molecule has 1 heterocycles. The highest BCUT2D eigenvalue weighted by molar-refractivity contribution is 14.1. The van der Waals surface area contributed by atoms with Crippen molar-refractivity contribution in [2.75, 3.05) is 17.0 Å². The van der Waals surface area contributed by atoms with Crippen molar-refractivity contribution >= 4 is 67.6 Å². The number of rotatable bonds is 4. The molecule has 2 rings (SSSR count). The summed E-state index contributed by atoms with van der Waals surface area (Å²) in [7, 11) is 0. The molecule has 8 heteroatoms. The summed E-state index contributed by atoms with van der Waals surface area (Å²) in [6.07, 6.45) is 1.92. The van der Waals surface area contributed by atoms with Crippen LogP contribution in [-0.4, -0.2) is 16.2 Å². The number of halogens is 2. The summed E-state index contributed by atoms with van der Waals surface area (Å²) < 4.78 is 2.11. The van der Waals surface area contributed by atoms with Crippen molar-refractivity contribution in [2.45, 2.75) is 5.16 Å². The Labute approximate surface area is 137 Å². The first kappa shape index (κ1) is 14.8. The van der Waals surface area contributed by atoms with Crippen molar-refractivity contribution in [1.82, 2.24) is 9.97 Å². The molecule has 0 unspecified atom stereocenters. The molecule has 5 nitrogen and oxygen atoms in total. The van der Waals surface area contributed by atoms with Gasteiger partial charge in [0.1, 0.15) is 11.6 Å². The van der Waals surface area contributed by atoms with Gasteiger partial charge in [-0.2, -0.15) is 0 Å². The van der Waals surface area contributed by atoms with Gasteiger partial charge in [-0.3, -0.25) is 0 Å². The lowest BCUT2D eigenvalue weighted by molar-refractivity contribution is 0.971. The third kappa shape index (κ3) is 3.94. The van der Waals surface area contributed by atoms with Crippen LogP contribution in [0.1, 0.15) is 0 Å². The molecule has 0 aliphatic rings. The van der Waals surface area contributed by atoms with E-state index in [1.165, 1.54) is 11.8 Å². The zero-order valence-corrected chi connectivity index (χ0v) is 14.5. The summed E-state index contributed by atoms with van der Waals surface area (Å²) in [5.74, 6) is 6.68. The Hall–Kier alpha value is -0.580. The predicted octanol–water partition coefficient (Wildman–Crippen LogP) is 3.59. The summed E-state index contributed by atoms with van der Waals surface area (Å²) in [4.78, 5) is 8.61. The van der Waals surface area contributed by atoms with Gasteiger partial charge in [0.2, 0.25) is 0 Å². The monoisotopic (exact) mass is 451 g/mol. The summed E-state index contributed by atoms with van der Waals surface area (Å²) in [5, 5.41) is 3.92. The van der Waals surface area contributed by atoms with Gasteiger partial charge in [-0.15, -0.1) is 0 Å². The zero-order valence-electron chi connectivity index (χ0n) is 9.95. The van der Waals surface area contributed by atoms with E-state index in [1.54, 1.807) is 6.07 Å². The van der Waals surface area contributed by atoms with Crippen LogP contribution < -0.4 is 16.6 Å². The third-order valence-corrected chi connectivity index (χ3v) is 4.21. The first-order valence-electron chi connectivity index (χ1n) is 5.24. The number of hydrogen-bond acceptors (Lipinski definition) is 6. The van der Waals surface area contributed by atoms with Gasteiger partial charge in [0.05, 0.1) is 5.69 Å². The third-order valence-electron chi connectivity index (χ3n) is 2.23. The Kier molecular flexibility index (Phi) is 5.25. The van der Waals surface area contributed by atoms with Crippen LogP contribution in [-0.2, 0) is 0 Å². The molecule has 0 spiro atoms. The van der Waals surface area contributed by atoms with Crippen LogP contribution in [0.2, 0.25) is 0 Å². The molecule has 0 fully saturated rings. The second-order valence-electron chi connectivity index (χ2n) is 3.52. The first-order valence-corrected chi connectivity index (χ1v) is 8.34. The zero-order chi connectivity index (χ0) is 13.8. The number of thioether (sulfide) groups is 1. The van der Waals surface area contributed by atoms with Crippen LogP contribution in [0.25, 0.3) is 0 Å². The van der Waals surface area contributed by atoms with Crippen molar-refractivity contribution in [2.24, 2.45) is 5.84 Å². The lowest BCUT2D eigenvalue weighted by atomic mass is 10.3. The molecule has 0 bridgehead atoms. The van der Waals surface area contributed by atoms with Crippen molar-refractivity contribution in [3.05, 3.63) is 32.3 Å². The minimum atomic E-state index is 0.576. The fraction of sp³-hybridized carbons (Fsp3) is 0.0909. The number of benzene rings is 1. The highest BCUT2D eigenvalue weighted by Gasteiger charge is 2.06. The largest absolute Gasteiger partial charge is 0.339 e. The molecule has 1 aromatic carbocycles. The number of nitrogens with zero attached hydrogens (tertiary/aromatic N) is 2. The standard InChI is InChI=1S/C11H11BrIN5S/c1-19-11-16-9(5-10(17-11)18-14)15-8-4-6(12)2-3-7(8)13/h2-5H,14H2,1H3,(H2,15,16,17,18). The molecule has 2 aromatic rings. The van der Waals surface area contributed by atoms with Crippen molar-refractivity contribution < 1.29 is 0 Å². The van der Waals surface area contributed by atoms with Crippen LogP contribution in [0.15, 0.2) is 33.9 Å². The van der Waals surface area contributed by atoms with E-state index in [4.69, 9.17) is 5.84 Å². The minimum Gasteiger partial charge on any atom is -0.339 e. The number of nitrogens with two attached hydrogens (primary N) is 1. The van der Waals surface area contributed by atoms with Crippen LogP contribution >= 0.6 is 50.3 Å². The van der Waals surface area contributed by atoms with Crippen LogP contribution in [0.5, 0.6) is 0 Å². The molecule has 100 valence electrons. The first-order chi connectivity index (χ1) is 9.12. The second kappa shape index (κ2) is 6.73. The lowest BCUT2D eigenvalue weighted by Gasteiger charge is -2.10. The van der Waals surface area contributed by atoms with Gasteiger partial charge in [0.15, 0.2) is 5.16 Å². The summed E-state index contributed by atoms with van der Waals surface area (Å²) >= 11 is 7.18. The van der Waals surface area contributed by atoms with Gasteiger partial charge < -0.3 is 10.7 Å². The summed E-state index contributed by atoms with van der Waals surface area (Å²) in [5.41, 5.74) is 3.51. The summed E-state index contributed by atoms with van der Waals surface area (Å²) in [6, 6.07) is 7.77. The van der Waals surface area contributed by atoms with E-state index in [9.17, 15) is 0 Å². The molecule has 1 aromatic heterocycles. The van der Waals surface area contributed by atoms with E-state index in [2.05, 4.69) is 59.2 Å². The summed E-state index contributed by atoms with van der Waals surface area (Å²) in [6.45, 7) is 0. The van der Waals surface area contributed by atoms with E-state index in [0.717, 1.165) is 13.7 Å². The Morgan fingerprint density at radius 2 is 2.00 bits per heavy atom. The second-order valence-corrected chi connectivity index (χ2v) is 6.37. The number of aromatic nitrogens is 2. The highest BCUT2D eigenvalue weighted by atomic mass is 127. The number of nitrogen functional groups attached to an aromatic ring is 1. The molecule has 0 amide bonds. The lowest BCUT2D eigenvalue weighted by Crippen LogP contribution is -2.10. The van der Waals surface area contributed by atoms with E-state index in [-0.39, 0.29) is 0 Å². The average molecular weight is 452 g/mol. The molecular weight excluding hydrogens is 441 g/mol. The van der Waals surface area contributed by atoms with Gasteiger partial charge >= 0.3 is 0 Å². The smallest absolute Gasteiger partial charge is 0.191 e. The quantitative estimate of drug-likeness (QED) is 0.217. The fourth-order valence-electron chi connectivity index (χ4n) is 1.39. The number of hydrazine groups is 1. The maximum absolute atomic E-state index is 5.40. The van der Waals surface area contributed by atoms with Crippen LogP contribution in [0.3, 0.4) is 0 Å². The Morgan fingerprint density at radius 3 is 2.68 bits per heavy atom. The average Bonchev–Trinajstić information content (AvgIpc) is 2.42. The normalized spacial score (nSPS) is 10.3. The molecule has 0 atom stereocenters. The minimum absolute atomic E-state index is 0.576. The molecule has 0 saturated carbocycles. The molecule has 0 saturated heterocycles. The number of hydrogen-bond donors (Lipinski definition) is 3. The van der Waals surface area contributed by atoms with Gasteiger partial charge in [-0.25, -0.2) is 15.8 Å². The molecule has 0 aliphatic heterocycles. The Bertz CT molecular complexity index is 573. The van der Waals surface area contributed by atoms with Crippen molar-refractivity contribution in [3.8, 4) is 0 Å². The molecule has 4 N–H and O–H groups in total. The predicted molar refractivity (Wildman–Crippen MR) is 91.8 cm³/mol. The maximum Gasteiger partial charge on any atom is 0.191 e. The van der Waals surface area contributed by atoms with E-state index >= 15 is 0 Å². The topological polar surface area (TPSA) is 75.9 Å². The SMILES string of the molecule is CSc1nc(NN)cc(Nc2cc(Br)ccc2I)n1.